The van der Waals surface area contributed by atoms with Crippen molar-refractivity contribution < 1.29 is 13.9 Å². The minimum atomic E-state index is -0.376. The van der Waals surface area contributed by atoms with Crippen LogP contribution in [0.1, 0.15) is 29.9 Å². The Labute approximate surface area is 99.8 Å². The van der Waals surface area contributed by atoms with Crippen LogP contribution in [0.2, 0.25) is 0 Å². The molecule has 0 heterocycles. The average molecular weight is 235 g/mol. The van der Waals surface area contributed by atoms with Crippen LogP contribution in [0.4, 0.5) is 4.39 Å². The zero-order chi connectivity index (χ0) is 12.4. The van der Waals surface area contributed by atoms with E-state index < -0.39 is 0 Å². The van der Waals surface area contributed by atoms with E-state index in [1.807, 2.05) is 0 Å². The summed E-state index contributed by atoms with van der Waals surface area (Å²) < 4.78 is 24.4. The van der Waals surface area contributed by atoms with Gasteiger partial charge in [0.25, 0.3) is 0 Å². The molecular weight excluding hydrogens is 221 g/mol. The molecule has 4 heteroatoms. The van der Waals surface area contributed by atoms with Gasteiger partial charge in [-0.1, -0.05) is 0 Å². The third kappa shape index (κ3) is 1.82. The van der Waals surface area contributed by atoms with Crippen LogP contribution in [0, 0.1) is 17.1 Å². The maximum Gasteiger partial charge on any atom is 0.164 e. The summed E-state index contributed by atoms with van der Waals surface area (Å²) in [5.41, 5.74) is 1.26. The second kappa shape index (κ2) is 4.62. The van der Waals surface area contributed by atoms with Crippen molar-refractivity contribution in [1.82, 2.24) is 0 Å². The standard InChI is InChI=1S/C13H14FNO2/c1-16-11-6-10(14)12-8(7-15)4-3-5-9(12)13(11)17-2/h6,8H,3-5H2,1-2H3. The number of methoxy groups -OCH3 is 2. The van der Waals surface area contributed by atoms with Crippen LogP contribution in [0.25, 0.3) is 0 Å². The summed E-state index contributed by atoms with van der Waals surface area (Å²) in [5, 5.41) is 9.06. The smallest absolute Gasteiger partial charge is 0.164 e. The van der Waals surface area contributed by atoms with Crippen LogP contribution < -0.4 is 9.47 Å². The Morgan fingerprint density at radius 1 is 1.41 bits per heavy atom. The van der Waals surface area contributed by atoms with Gasteiger partial charge in [0.05, 0.1) is 26.2 Å². The lowest BCUT2D eigenvalue weighted by atomic mass is 9.82. The fourth-order valence-corrected chi connectivity index (χ4v) is 2.43. The Kier molecular flexibility index (Phi) is 3.19. The number of rotatable bonds is 2. The lowest BCUT2D eigenvalue weighted by molar-refractivity contribution is 0.345. The van der Waals surface area contributed by atoms with Gasteiger partial charge in [-0.05, 0) is 19.3 Å². The number of ether oxygens (including phenoxy) is 2. The molecule has 90 valence electrons. The van der Waals surface area contributed by atoms with Gasteiger partial charge in [0.2, 0.25) is 0 Å². The lowest BCUT2D eigenvalue weighted by Gasteiger charge is -2.24. The molecule has 1 aromatic rings. The second-order valence-corrected chi connectivity index (χ2v) is 4.06. The number of nitriles is 1. The minimum Gasteiger partial charge on any atom is -0.493 e. The van der Waals surface area contributed by atoms with E-state index in [-0.39, 0.29) is 11.7 Å². The van der Waals surface area contributed by atoms with Gasteiger partial charge >= 0.3 is 0 Å². The van der Waals surface area contributed by atoms with Crippen molar-refractivity contribution in [3.8, 4) is 17.6 Å². The molecule has 0 bridgehead atoms. The third-order valence-corrected chi connectivity index (χ3v) is 3.19. The van der Waals surface area contributed by atoms with Gasteiger partial charge in [0, 0.05) is 17.2 Å². The van der Waals surface area contributed by atoms with Crippen molar-refractivity contribution in [1.29, 1.82) is 5.26 Å². The van der Waals surface area contributed by atoms with E-state index in [4.69, 9.17) is 14.7 Å². The molecule has 0 spiro atoms. The summed E-state index contributed by atoms with van der Waals surface area (Å²) in [6.07, 6.45) is 2.30. The molecule has 17 heavy (non-hydrogen) atoms. The van der Waals surface area contributed by atoms with Crippen molar-refractivity contribution in [3.05, 3.63) is 23.0 Å². The molecule has 0 amide bonds. The summed E-state index contributed by atoms with van der Waals surface area (Å²) in [6.45, 7) is 0. The fraction of sp³-hybridized carbons (Fsp3) is 0.462. The average Bonchev–Trinajstić information content (AvgIpc) is 2.37. The number of fused-ring (bicyclic) bond motifs is 1. The highest BCUT2D eigenvalue weighted by Gasteiger charge is 2.28. The SMILES string of the molecule is COc1cc(F)c2c(c1OC)CCCC2C#N. The minimum absolute atomic E-state index is 0.371. The number of halogens is 1. The van der Waals surface area contributed by atoms with Crippen LogP contribution in [0.3, 0.4) is 0 Å². The van der Waals surface area contributed by atoms with Gasteiger partial charge < -0.3 is 9.47 Å². The first-order valence-corrected chi connectivity index (χ1v) is 5.55. The van der Waals surface area contributed by atoms with Crippen molar-refractivity contribution in [2.45, 2.75) is 25.2 Å². The Morgan fingerprint density at radius 3 is 2.76 bits per heavy atom. The van der Waals surface area contributed by atoms with E-state index in [1.54, 1.807) is 0 Å². The van der Waals surface area contributed by atoms with Gasteiger partial charge in [-0.2, -0.15) is 5.26 Å². The van der Waals surface area contributed by atoms with E-state index >= 15 is 0 Å². The van der Waals surface area contributed by atoms with Crippen LogP contribution in [-0.4, -0.2) is 14.2 Å². The molecular formula is C13H14FNO2. The molecule has 0 saturated carbocycles. The quantitative estimate of drug-likeness (QED) is 0.791. The molecule has 0 radical (unpaired) electrons. The van der Waals surface area contributed by atoms with Gasteiger partial charge in [-0.3, -0.25) is 0 Å². The lowest BCUT2D eigenvalue weighted by Crippen LogP contribution is -2.13. The highest BCUT2D eigenvalue weighted by molar-refractivity contribution is 5.54. The van der Waals surface area contributed by atoms with Crippen molar-refractivity contribution in [2.75, 3.05) is 14.2 Å². The van der Waals surface area contributed by atoms with Gasteiger partial charge in [0.15, 0.2) is 11.5 Å². The molecule has 3 nitrogen and oxygen atoms in total. The normalized spacial score (nSPS) is 18.1. The molecule has 1 aliphatic rings. The Morgan fingerprint density at radius 2 is 2.18 bits per heavy atom. The van der Waals surface area contributed by atoms with E-state index in [0.717, 1.165) is 18.4 Å². The van der Waals surface area contributed by atoms with Crippen LogP contribution in [0.15, 0.2) is 6.07 Å². The predicted octanol–water partition coefficient (Wildman–Crippen LogP) is 2.79. The predicted molar refractivity (Wildman–Crippen MR) is 60.8 cm³/mol. The molecule has 0 N–H and O–H groups in total. The summed E-state index contributed by atoms with van der Waals surface area (Å²) in [5.74, 6) is 0.202. The van der Waals surface area contributed by atoms with Crippen molar-refractivity contribution in [3.63, 3.8) is 0 Å². The first-order valence-electron chi connectivity index (χ1n) is 5.55. The van der Waals surface area contributed by atoms with Crippen LogP contribution in [0.5, 0.6) is 11.5 Å². The fourth-order valence-electron chi connectivity index (χ4n) is 2.43. The zero-order valence-electron chi connectivity index (χ0n) is 9.92. The molecule has 0 saturated heterocycles. The Balaban J connectivity index is 2.66. The van der Waals surface area contributed by atoms with Gasteiger partial charge in [0.1, 0.15) is 5.82 Å². The molecule has 0 fully saturated rings. The molecule has 0 aromatic heterocycles. The van der Waals surface area contributed by atoms with Gasteiger partial charge in [-0.25, -0.2) is 4.39 Å². The number of hydrogen-bond acceptors (Lipinski definition) is 3. The van der Waals surface area contributed by atoms with Crippen LogP contribution >= 0.6 is 0 Å². The highest BCUT2D eigenvalue weighted by atomic mass is 19.1. The maximum atomic E-state index is 14.0. The van der Waals surface area contributed by atoms with E-state index in [9.17, 15) is 4.39 Å². The molecule has 2 rings (SSSR count). The summed E-state index contributed by atoms with van der Waals surface area (Å²) in [4.78, 5) is 0. The van der Waals surface area contributed by atoms with Crippen molar-refractivity contribution in [2.24, 2.45) is 0 Å². The van der Waals surface area contributed by atoms with Crippen molar-refractivity contribution >= 4 is 0 Å². The third-order valence-electron chi connectivity index (χ3n) is 3.19. The highest BCUT2D eigenvalue weighted by Crippen LogP contribution is 2.43. The summed E-state index contributed by atoms with van der Waals surface area (Å²) in [6, 6.07) is 3.45. The molecule has 0 aliphatic heterocycles. The zero-order valence-corrected chi connectivity index (χ0v) is 9.92. The molecule has 1 aromatic carbocycles. The van der Waals surface area contributed by atoms with E-state index in [0.29, 0.717) is 23.5 Å². The maximum absolute atomic E-state index is 14.0. The summed E-state index contributed by atoms with van der Waals surface area (Å²) in [7, 11) is 3.01. The number of benzene rings is 1. The number of hydrogen-bond donors (Lipinski definition) is 0. The number of nitrogens with zero attached hydrogens (tertiary/aromatic N) is 1. The largest absolute Gasteiger partial charge is 0.493 e. The molecule has 1 atom stereocenters. The second-order valence-electron chi connectivity index (χ2n) is 4.06. The molecule has 1 unspecified atom stereocenters. The Hall–Kier alpha value is -1.76. The first kappa shape index (κ1) is 11.7. The van der Waals surface area contributed by atoms with Crippen LogP contribution in [-0.2, 0) is 6.42 Å². The summed E-state index contributed by atoms with van der Waals surface area (Å²) >= 11 is 0. The molecule has 1 aliphatic carbocycles. The monoisotopic (exact) mass is 235 g/mol. The first-order chi connectivity index (χ1) is 8.22. The topological polar surface area (TPSA) is 42.2 Å². The van der Waals surface area contributed by atoms with E-state index in [2.05, 4.69) is 6.07 Å². The van der Waals surface area contributed by atoms with E-state index in [1.165, 1.54) is 20.3 Å². The van der Waals surface area contributed by atoms with Gasteiger partial charge in [-0.15, -0.1) is 0 Å². The Bertz CT molecular complexity index is 479.